The van der Waals surface area contributed by atoms with Gasteiger partial charge in [0.1, 0.15) is 4.83 Å². The minimum absolute atomic E-state index is 1.16. The molecule has 0 atom stereocenters. The zero-order chi connectivity index (χ0) is 7.68. The van der Waals surface area contributed by atoms with Crippen LogP contribution in [0.5, 0.6) is 0 Å². The molecule has 0 unspecified atom stereocenters. The van der Waals surface area contributed by atoms with Crippen LogP contribution in [0, 0.1) is 0 Å². The number of aromatic nitrogens is 1. The molecule has 0 aliphatic rings. The van der Waals surface area contributed by atoms with Crippen molar-refractivity contribution in [3.63, 3.8) is 0 Å². The fraction of sp³-hybridized carbons (Fsp3) is 0.125. The molecule has 2 aromatic rings. The molecule has 0 saturated carbocycles. The molecule has 0 bridgehead atoms. The molecule has 2 rings (SSSR count). The average molecular weight is 181 g/mol. The maximum absolute atomic E-state index is 4.22. The highest BCUT2D eigenvalue weighted by Crippen LogP contribution is 2.28. The monoisotopic (exact) mass is 181 g/mol. The third-order valence-electron chi connectivity index (χ3n) is 1.38. The van der Waals surface area contributed by atoms with Crippen LogP contribution in [0.15, 0.2) is 17.7 Å². The smallest absolute Gasteiger partial charge is 0.134 e. The summed E-state index contributed by atoms with van der Waals surface area (Å²) >= 11 is 3.44. The number of rotatable bonds is 1. The molecule has 1 nitrogen and oxygen atoms in total. The van der Waals surface area contributed by atoms with Gasteiger partial charge in [0.05, 0.1) is 10.2 Å². The van der Waals surface area contributed by atoms with Gasteiger partial charge in [-0.1, -0.05) is 6.08 Å². The van der Waals surface area contributed by atoms with Crippen molar-refractivity contribution in [2.24, 2.45) is 0 Å². The van der Waals surface area contributed by atoms with E-state index in [-0.39, 0.29) is 0 Å². The van der Waals surface area contributed by atoms with E-state index in [1.54, 1.807) is 22.7 Å². The lowest BCUT2D eigenvalue weighted by atomic mass is 10.4. The Hall–Kier alpha value is -0.670. The molecule has 3 heteroatoms. The third kappa shape index (κ3) is 1.21. The van der Waals surface area contributed by atoms with Gasteiger partial charge in [0.2, 0.25) is 0 Å². The highest BCUT2D eigenvalue weighted by Gasteiger charge is 1.99. The molecule has 0 N–H and O–H groups in total. The van der Waals surface area contributed by atoms with Crippen LogP contribution in [0.25, 0.3) is 15.6 Å². The Labute approximate surface area is 73.0 Å². The maximum atomic E-state index is 4.22. The van der Waals surface area contributed by atoms with E-state index in [1.165, 1.54) is 9.58 Å². The fourth-order valence-electron chi connectivity index (χ4n) is 0.934. The molecule has 0 radical (unpaired) electrons. The van der Waals surface area contributed by atoms with Crippen molar-refractivity contribution in [1.29, 1.82) is 0 Å². The molecule has 0 spiro atoms. The van der Waals surface area contributed by atoms with Gasteiger partial charge in [0.15, 0.2) is 0 Å². The van der Waals surface area contributed by atoms with E-state index in [2.05, 4.69) is 23.2 Å². The standard InChI is InChI=1S/C8H7NS2/c1-2-3-6-4-7-8(11-6)9-5-10-7/h2-5H,1H3. The van der Waals surface area contributed by atoms with Crippen LogP contribution in [0.4, 0.5) is 0 Å². The molecule has 0 aliphatic carbocycles. The first-order valence-corrected chi connectivity index (χ1v) is 5.05. The second-order valence-electron chi connectivity index (χ2n) is 2.17. The minimum Gasteiger partial charge on any atom is -0.234 e. The highest BCUT2D eigenvalue weighted by molar-refractivity contribution is 7.26. The number of thiazole rings is 1. The molecule has 0 aromatic carbocycles. The van der Waals surface area contributed by atoms with Gasteiger partial charge in [-0.25, -0.2) is 4.98 Å². The van der Waals surface area contributed by atoms with E-state index in [4.69, 9.17) is 0 Å². The Morgan fingerprint density at radius 1 is 1.55 bits per heavy atom. The van der Waals surface area contributed by atoms with Gasteiger partial charge in [0.25, 0.3) is 0 Å². The van der Waals surface area contributed by atoms with Gasteiger partial charge in [-0.05, 0) is 19.1 Å². The van der Waals surface area contributed by atoms with Gasteiger partial charge in [-0.15, -0.1) is 22.7 Å². The molecule has 11 heavy (non-hydrogen) atoms. The molecule has 0 fully saturated rings. The first-order chi connectivity index (χ1) is 5.40. The molecule has 0 aliphatic heterocycles. The van der Waals surface area contributed by atoms with E-state index in [0.29, 0.717) is 0 Å². The zero-order valence-corrected chi connectivity index (χ0v) is 7.71. The van der Waals surface area contributed by atoms with E-state index in [9.17, 15) is 0 Å². The first-order valence-electron chi connectivity index (χ1n) is 3.36. The summed E-state index contributed by atoms with van der Waals surface area (Å²) in [5.74, 6) is 0. The third-order valence-corrected chi connectivity index (χ3v) is 3.29. The van der Waals surface area contributed by atoms with Crippen LogP contribution in [0.1, 0.15) is 11.8 Å². The number of nitrogens with zero attached hydrogens (tertiary/aromatic N) is 1. The van der Waals surface area contributed by atoms with Gasteiger partial charge in [-0.3, -0.25) is 0 Å². The van der Waals surface area contributed by atoms with E-state index < -0.39 is 0 Å². The van der Waals surface area contributed by atoms with Crippen LogP contribution < -0.4 is 0 Å². The van der Waals surface area contributed by atoms with Crippen molar-refractivity contribution in [2.45, 2.75) is 6.92 Å². The minimum atomic E-state index is 1.16. The Morgan fingerprint density at radius 3 is 3.18 bits per heavy atom. The fourth-order valence-corrected chi connectivity index (χ4v) is 2.83. The molecule has 2 aromatic heterocycles. The lowest BCUT2D eigenvalue weighted by Gasteiger charge is -1.76. The summed E-state index contributed by atoms with van der Waals surface area (Å²) in [6.07, 6.45) is 4.16. The molecule has 0 amide bonds. The maximum Gasteiger partial charge on any atom is 0.134 e. The lowest BCUT2D eigenvalue weighted by molar-refractivity contribution is 1.54. The molecule has 2 heterocycles. The van der Waals surface area contributed by atoms with Crippen LogP contribution in [0.2, 0.25) is 0 Å². The van der Waals surface area contributed by atoms with Crippen LogP contribution >= 0.6 is 22.7 Å². The predicted octanol–water partition coefficient (Wildman–Crippen LogP) is 3.39. The summed E-state index contributed by atoms with van der Waals surface area (Å²) in [7, 11) is 0. The summed E-state index contributed by atoms with van der Waals surface area (Å²) in [6, 6.07) is 2.18. The van der Waals surface area contributed by atoms with Crippen molar-refractivity contribution in [3.05, 3.63) is 22.5 Å². The first kappa shape index (κ1) is 7.00. The molecular formula is C8H7NS2. The summed E-state index contributed by atoms with van der Waals surface area (Å²) < 4.78 is 1.29. The topological polar surface area (TPSA) is 12.9 Å². The van der Waals surface area contributed by atoms with Gasteiger partial charge >= 0.3 is 0 Å². The summed E-state index contributed by atoms with van der Waals surface area (Å²) in [4.78, 5) is 6.67. The zero-order valence-electron chi connectivity index (χ0n) is 6.07. The van der Waals surface area contributed by atoms with Gasteiger partial charge < -0.3 is 0 Å². The van der Waals surface area contributed by atoms with Crippen LogP contribution in [-0.2, 0) is 0 Å². The van der Waals surface area contributed by atoms with Crippen molar-refractivity contribution < 1.29 is 0 Å². The average Bonchev–Trinajstić information content (AvgIpc) is 2.46. The summed E-state index contributed by atoms with van der Waals surface area (Å²) in [6.45, 7) is 2.03. The Kier molecular flexibility index (Phi) is 1.75. The van der Waals surface area contributed by atoms with Crippen molar-refractivity contribution in [2.75, 3.05) is 0 Å². The Morgan fingerprint density at radius 2 is 2.45 bits per heavy atom. The van der Waals surface area contributed by atoms with Crippen LogP contribution in [-0.4, -0.2) is 4.98 Å². The second kappa shape index (κ2) is 2.75. The number of allylic oxidation sites excluding steroid dienone is 1. The van der Waals surface area contributed by atoms with E-state index in [1.807, 2.05) is 12.4 Å². The normalized spacial score (nSPS) is 11.7. The Balaban J connectivity index is 2.58. The summed E-state index contributed by atoms with van der Waals surface area (Å²) in [5, 5.41) is 0. The van der Waals surface area contributed by atoms with Crippen LogP contribution in [0.3, 0.4) is 0 Å². The summed E-state index contributed by atoms with van der Waals surface area (Å²) in [5.41, 5.74) is 1.89. The van der Waals surface area contributed by atoms with Crippen molar-refractivity contribution in [3.8, 4) is 0 Å². The highest BCUT2D eigenvalue weighted by atomic mass is 32.1. The van der Waals surface area contributed by atoms with Gasteiger partial charge in [0, 0.05) is 4.88 Å². The number of hydrogen-bond acceptors (Lipinski definition) is 3. The van der Waals surface area contributed by atoms with E-state index >= 15 is 0 Å². The second-order valence-corrected chi connectivity index (χ2v) is 4.12. The molecular weight excluding hydrogens is 174 g/mol. The number of thiophene rings is 1. The quantitative estimate of drug-likeness (QED) is 0.657. The largest absolute Gasteiger partial charge is 0.234 e. The number of hydrogen-bond donors (Lipinski definition) is 0. The van der Waals surface area contributed by atoms with Gasteiger partial charge in [-0.2, -0.15) is 0 Å². The van der Waals surface area contributed by atoms with E-state index in [0.717, 1.165) is 4.83 Å². The lowest BCUT2D eigenvalue weighted by Crippen LogP contribution is -1.52. The Bertz CT molecular complexity index is 355. The van der Waals surface area contributed by atoms with Crippen molar-refractivity contribution in [1.82, 2.24) is 4.98 Å². The molecule has 0 saturated heterocycles. The SMILES string of the molecule is CC=Cc1cc2scnc2s1. The predicted molar refractivity (Wildman–Crippen MR) is 52.2 cm³/mol. The van der Waals surface area contributed by atoms with Crippen molar-refractivity contribution >= 4 is 38.3 Å². The molecule has 56 valence electrons. The number of fused-ring (bicyclic) bond motifs is 1.